The minimum absolute atomic E-state index is 0.0119. The first-order chi connectivity index (χ1) is 10.8. The van der Waals surface area contributed by atoms with Gasteiger partial charge < -0.3 is 0 Å². The zero-order valence-corrected chi connectivity index (χ0v) is 14.4. The van der Waals surface area contributed by atoms with Gasteiger partial charge in [0, 0.05) is 22.1 Å². The molecule has 0 aliphatic heterocycles. The SMILES string of the molecule is CC1=C(C=O)CCC2(C)C3=C(CCC12)C(=O)C(C(C)C)=CC3=O. The fraction of sp³-hybridized carbons (Fsp3) is 0.550. The van der Waals surface area contributed by atoms with Crippen molar-refractivity contribution in [2.75, 3.05) is 0 Å². The van der Waals surface area contributed by atoms with Gasteiger partial charge in [-0.1, -0.05) is 26.3 Å². The molecule has 0 spiro atoms. The highest BCUT2D eigenvalue weighted by molar-refractivity contribution is 6.23. The number of Topliss-reactive ketones (excluding diaryl/α,β-unsaturated/α-hetero) is 1. The largest absolute Gasteiger partial charge is 0.298 e. The van der Waals surface area contributed by atoms with Crippen molar-refractivity contribution in [2.24, 2.45) is 17.3 Å². The maximum atomic E-state index is 12.8. The average molecular weight is 312 g/mol. The molecule has 2 unspecified atom stereocenters. The van der Waals surface area contributed by atoms with Crippen molar-refractivity contribution in [3.05, 3.63) is 33.9 Å². The molecule has 0 saturated carbocycles. The van der Waals surface area contributed by atoms with Gasteiger partial charge in [-0.25, -0.2) is 0 Å². The Kier molecular flexibility index (Phi) is 3.78. The van der Waals surface area contributed by atoms with Crippen LogP contribution in [0.2, 0.25) is 0 Å². The number of fused-ring (bicyclic) bond motifs is 2. The van der Waals surface area contributed by atoms with E-state index in [0.29, 0.717) is 18.4 Å². The molecule has 122 valence electrons. The summed E-state index contributed by atoms with van der Waals surface area (Å²) >= 11 is 0. The van der Waals surface area contributed by atoms with Crippen LogP contribution in [0.25, 0.3) is 0 Å². The van der Waals surface area contributed by atoms with Crippen LogP contribution in [0.15, 0.2) is 33.9 Å². The molecule has 2 atom stereocenters. The Balaban J connectivity index is 2.11. The van der Waals surface area contributed by atoms with Gasteiger partial charge in [0.1, 0.15) is 6.29 Å². The van der Waals surface area contributed by atoms with Crippen molar-refractivity contribution in [3.63, 3.8) is 0 Å². The normalized spacial score (nSPS) is 31.2. The minimum Gasteiger partial charge on any atom is -0.298 e. The molecule has 0 heterocycles. The molecule has 0 saturated heterocycles. The molecule has 0 fully saturated rings. The van der Waals surface area contributed by atoms with Gasteiger partial charge in [0.2, 0.25) is 0 Å². The second-order valence-corrected chi connectivity index (χ2v) is 7.64. The molecule has 3 heteroatoms. The maximum Gasteiger partial charge on any atom is 0.185 e. The molecule has 0 bridgehead atoms. The number of rotatable bonds is 2. The van der Waals surface area contributed by atoms with Crippen molar-refractivity contribution in [3.8, 4) is 0 Å². The summed E-state index contributed by atoms with van der Waals surface area (Å²) in [5.41, 5.74) is 3.79. The van der Waals surface area contributed by atoms with Gasteiger partial charge in [-0.15, -0.1) is 0 Å². The van der Waals surface area contributed by atoms with Crippen LogP contribution in [0.5, 0.6) is 0 Å². The van der Waals surface area contributed by atoms with E-state index >= 15 is 0 Å². The van der Waals surface area contributed by atoms with Gasteiger partial charge in [-0.3, -0.25) is 14.4 Å². The Hall–Kier alpha value is -1.77. The van der Waals surface area contributed by atoms with Crippen LogP contribution in [-0.4, -0.2) is 17.9 Å². The molecule has 0 N–H and O–H groups in total. The average Bonchev–Trinajstić information content (AvgIpc) is 2.50. The maximum absolute atomic E-state index is 12.8. The van der Waals surface area contributed by atoms with Crippen molar-refractivity contribution >= 4 is 17.9 Å². The third-order valence-corrected chi connectivity index (χ3v) is 6.10. The molecule has 0 amide bonds. The van der Waals surface area contributed by atoms with Gasteiger partial charge >= 0.3 is 0 Å². The van der Waals surface area contributed by atoms with Gasteiger partial charge in [-0.05, 0) is 56.1 Å². The first-order valence-corrected chi connectivity index (χ1v) is 8.50. The van der Waals surface area contributed by atoms with Crippen LogP contribution in [0.1, 0.15) is 53.4 Å². The van der Waals surface area contributed by atoms with Crippen molar-refractivity contribution in [2.45, 2.75) is 53.4 Å². The van der Waals surface area contributed by atoms with E-state index in [-0.39, 0.29) is 28.8 Å². The van der Waals surface area contributed by atoms with Gasteiger partial charge in [0.25, 0.3) is 0 Å². The Morgan fingerprint density at radius 1 is 1.26 bits per heavy atom. The summed E-state index contributed by atoms with van der Waals surface area (Å²) in [6, 6.07) is 0. The molecule has 0 aromatic heterocycles. The number of hydrogen-bond donors (Lipinski definition) is 0. The fourth-order valence-corrected chi connectivity index (χ4v) is 4.75. The molecule has 3 aliphatic carbocycles. The number of aldehydes is 1. The molecule has 3 nitrogen and oxygen atoms in total. The first-order valence-electron chi connectivity index (χ1n) is 8.50. The Bertz CT molecular complexity index is 702. The summed E-state index contributed by atoms with van der Waals surface area (Å²) in [7, 11) is 0. The standard InChI is InChI=1S/C20H24O3/c1-11(2)15-9-17(22)18-14(19(15)23)5-6-16-12(3)13(10-21)7-8-20(16,18)4/h9-11,16H,5-8H2,1-4H3. The lowest BCUT2D eigenvalue weighted by molar-refractivity contribution is -0.118. The van der Waals surface area contributed by atoms with Crippen LogP contribution in [0, 0.1) is 17.3 Å². The summed E-state index contributed by atoms with van der Waals surface area (Å²) in [5.74, 6) is 0.344. The zero-order valence-electron chi connectivity index (χ0n) is 14.4. The Morgan fingerprint density at radius 3 is 2.57 bits per heavy atom. The smallest absolute Gasteiger partial charge is 0.185 e. The fourth-order valence-electron chi connectivity index (χ4n) is 4.75. The topological polar surface area (TPSA) is 51.2 Å². The summed E-state index contributed by atoms with van der Waals surface area (Å²) in [6.07, 6.45) is 5.49. The highest BCUT2D eigenvalue weighted by Crippen LogP contribution is 2.56. The van der Waals surface area contributed by atoms with Crippen LogP contribution in [-0.2, 0) is 14.4 Å². The second-order valence-electron chi connectivity index (χ2n) is 7.64. The predicted octanol–water partition coefficient (Wildman–Crippen LogP) is 3.74. The van der Waals surface area contributed by atoms with E-state index in [1.54, 1.807) is 6.08 Å². The lowest BCUT2D eigenvalue weighted by atomic mass is 9.54. The molecule has 0 radical (unpaired) electrons. The van der Waals surface area contributed by atoms with Crippen LogP contribution < -0.4 is 0 Å². The highest BCUT2D eigenvalue weighted by Gasteiger charge is 2.49. The van der Waals surface area contributed by atoms with E-state index in [0.717, 1.165) is 41.4 Å². The quantitative estimate of drug-likeness (QED) is 0.576. The molecular formula is C20H24O3. The summed E-state index contributed by atoms with van der Waals surface area (Å²) in [4.78, 5) is 36.9. The predicted molar refractivity (Wildman–Crippen MR) is 88.8 cm³/mol. The highest BCUT2D eigenvalue weighted by atomic mass is 16.1. The van der Waals surface area contributed by atoms with Crippen LogP contribution in [0.3, 0.4) is 0 Å². The lowest BCUT2D eigenvalue weighted by Gasteiger charge is -2.48. The first kappa shape index (κ1) is 16.1. The van der Waals surface area contributed by atoms with E-state index < -0.39 is 0 Å². The van der Waals surface area contributed by atoms with E-state index in [9.17, 15) is 14.4 Å². The van der Waals surface area contributed by atoms with Gasteiger partial charge in [-0.2, -0.15) is 0 Å². The molecule has 0 aromatic carbocycles. The van der Waals surface area contributed by atoms with Crippen LogP contribution in [0.4, 0.5) is 0 Å². The zero-order chi connectivity index (χ0) is 16.9. The van der Waals surface area contributed by atoms with Crippen molar-refractivity contribution in [1.29, 1.82) is 0 Å². The summed E-state index contributed by atoms with van der Waals surface area (Å²) in [6.45, 7) is 8.04. The number of carbonyl (C=O) groups is 3. The molecule has 3 aliphatic rings. The summed E-state index contributed by atoms with van der Waals surface area (Å²) in [5, 5.41) is 0. The number of hydrogen-bond acceptors (Lipinski definition) is 3. The van der Waals surface area contributed by atoms with E-state index in [1.165, 1.54) is 0 Å². The number of carbonyl (C=O) groups excluding carboxylic acids is 3. The van der Waals surface area contributed by atoms with E-state index in [2.05, 4.69) is 6.92 Å². The Morgan fingerprint density at radius 2 is 1.96 bits per heavy atom. The molecule has 0 aromatic rings. The second kappa shape index (κ2) is 5.40. The van der Waals surface area contributed by atoms with Crippen LogP contribution >= 0.6 is 0 Å². The molecule has 3 rings (SSSR count). The number of allylic oxidation sites excluding steroid dienone is 6. The molecular weight excluding hydrogens is 288 g/mol. The lowest BCUT2D eigenvalue weighted by Crippen LogP contribution is -2.43. The van der Waals surface area contributed by atoms with Crippen molar-refractivity contribution in [1.82, 2.24) is 0 Å². The molecule has 23 heavy (non-hydrogen) atoms. The van der Waals surface area contributed by atoms with Gasteiger partial charge in [0.05, 0.1) is 0 Å². The third kappa shape index (κ3) is 2.20. The van der Waals surface area contributed by atoms with Gasteiger partial charge in [0.15, 0.2) is 11.6 Å². The van der Waals surface area contributed by atoms with E-state index in [4.69, 9.17) is 0 Å². The van der Waals surface area contributed by atoms with Crippen molar-refractivity contribution < 1.29 is 14.4 Å². The Labute approximate surface area is 137 Å². The monoisotopic (exact) mass is 312 g/mol. The minimum atomic E-state index is -0.310. The summed E-state index contributed by atoms with van der Waals surface area (Å²) < 4.78 is 0. The third-order valence-electron chi connectivity index (χ3n) is 6.10. The van der Waals surface area contributed by atoms with E-state index in [1.807, 2.05) is 20.8 Å². The number of ketones is 2.